The first-order valence-electron chi connectivity index (χ1n) is 10.5. The molecule has 0 amide bonds. The molecule has 5 N–H and O–H groups in total. The average Bonchev–Trinajstić information content (AvgIpc) is 2.84. The molecule has 0 aliphatic heterocycles. The van der Waals surface area contributed by atoms with Gasteiger partial charge in [0.2, 0.25) is 0 Å². The van der Waals surface area contributed by atoms with Gasteiger partial charge in [-0.25, -0.2) is 0 Å². The molecule has 0 saturated heterocycles. The van der Waals surface area contributed by atoms with Crippen molar-refractivity contribution in [3.8, 4) is 0 Å². The fourth-order valence-electron chi connectivity index (χ4n) is 7.62. The normalized spacial score (nSPS) is 55.8. The van der Waals surface area contributed by atoms with Crippen molar-refractivity contribution in [2.45, 2.75) is 89.0 Å². The van der Waals surface area contributed by atoms with E-state index in [4.69, 9.17) is 4.74 Å². The van der Waals surface area contributed by atoms with Crippen LogP contribution < -0.4 is 0 Å². The molecule has 1 spiro atoms. The molecule has 4 aliphatic rings. The number of ether oxygens (including phenoxy) is 1. The van der Waals surface area contributed by atoms with Crippen LogP contribution in [-0.2, 0) is 9.53 Å². The fraction of sp³-hybridized carbons (Fsp3) is 0.864. The molecular formula is C22H34O7. The Bertz CT molecular complexity index is 745. The third-order valence-electron chi connectivity index (χ3n) is 9.01. The summed E-state index contributed by atoms with van der Waals surface area (Å²) in [6.45, 7) is 10.7. The first-order chi connectivity index (χ1) is 13.2. The molecule has 4 saturated carbocycles. The van der Waals surface area contributed by atoms with Gasteiger partial charge in [-0.2, -0.15) is 0 Å². The lowest BCUT2D eigenvalue weighted by Gasteiger charge is -2.48. The molecule has 4 rings (SSSR count). The molecule has 4 fully saturated rings. The van der Waals surface area contributed by atoms with Crippen LogP contribution in [0.15, 0.2) is 12.2 Å². The van der Waals surface area contributed by atoms with E-state index in [1.807, 2.05) is 0 Å². The van der Waals surface area contributed by atoms with Crippen LogP contribution in [0.5, 0.6) is 0 Å². The van der Waals surface area contributed by atoms with Gasteiger partial charge in [-0.15, -0.1) is 0 Å². The van der Waals surface area contributed by atoms with Gasteiger partial charge in [-0.3, -0.25) is 4.79 Å². The Morgan fingerprint density at radius 2 is 1.69 bits per heavy atom. The molecule has 29 heavy (non-hydrogen) atoms. The zero-order chi connectivity index (χ0) is 21.7. The van der Waals surface area contributed by atoms with E-state index in [0.29, 0.717) is 12.0 Å². The number of carbonyl (C=O) groups is 1. The van der Waals surface area contributed by atoms with E-state index in [-0.39, 0.29) is 25.2 Å². The van der Waals surface area contributed by atoms with Crippen LogP contribution in [0.1, 0.15) is 53.4 Å². The molecule has 4 aliphatic carbocycles. The quantitative estimate of drug-likeness (QED) is 0.315. The highest BCUT2D eigenvalue weighted by molar-refractivity contribution is 5.66. The Morgan fingerprint density at radius 3 is 2.28 bits per heavy atom. The second kappa shape index (κ2) is 6.04. The maximum atomic E-state index is 11.9. The highest BCUT2D eigenvalue weighted by Crippen LogP contribution is 2.69. The smallest absolute Gasteiger partial charge is 0.302 e. The Kier molecular flexibility index (Phi) is 4.42. The Hall–Kier alpha value is -0.990. The first kappa shape index (κ1) is 21.2. The van der Waals surface area contributed by atoms with Crippen molar-refractivity contribution in [3.63, 3.8) is 0 Å². The number of hydrogen-bond acceptors (Lipinski definition) is 7. The highest BCUT2D eigenvalue weighted by atomic mass is 16.5. The number of rotatable bonds is 1. The van der Waals surface area contributed by atoms with Crippen molar-refractivity contribution in [3.05, 3.63) is 12.2 Å². The molecule has 0 heterocycles. The molecule has 0 aromatic rings. The monoisotopic (exact) mass is 410 g/mol. The van der Waals surface area contributed by atoms with Gasteiger partial charge in [0, 0.05) is 23.7 Å². The summed E-state index contributed by atoms with van der Waals surface area (Å²) in [6, 6.07) is 0. The van der Waals surface area contributed by atoms with Crippen LogP contribution in [-0.4, -0.2) is 67.1 Å². The van der Waals surface area contributed by atoms with E-state index in [1.165, 1.54) is 6.92 Å². The Labute approximate surface area is 171 Å². The molecule has 0 aromatic heterocycles. The largest absolute Gasteiger partial charge is 0.461 e. The van der Waals surface area contributed by atoms with Gasteiger partial charge in [0.25, 0.3) is 0 Å². The average molecular weight is 411 g/mol. The minimum absolute atomic E-state index is 0.0944. The number of carbonyl (C=O) groups excluding carboxylic acids is 1. The molecule has 0 radical (unpaired) electrons. The van der Waals surface area contributed by atoms with Crippen LogP contribution >= 0.6 is 0 Å². The predicted molar refractivity (Wildman–Crippen MR) is 103 cm³/mol. The summed E-state index contributed by atoms with van der Waals surface area (Å²) in [5, 5.41) is 55.8. The van der Waals surface area contributed by atoms with Crippen LogP contribution in [0, 0.1) is 28.6 Å². The fourth-order valence-corrected chi connectivity index (χ4v) is 7.62. The standard InChI is InChI=1S/C22H34O7/c1-10-12-6-14(24)17-18(29-11(2)23)21(12,9-20(17,5)27)8-16(26)22(28)13(10)7-15(25)19(22,3)4/h12-18,24-28H,1,6-9H2,2-5H3/t12-,13-,14+,15-,16+,17+,18+,20+,21-,22-/m0/s1. The maximum absolute atomic E-state index is 11.9. The third kappa shape index (κ3) is 2.45. The van der Waals surface area contributed by atoms with Gasteiger partial charge in [0.15, 0.2) is 0 Å². The topological polar surface area (TPSA) is 127 Å². The highest BCUT2D eigenvalue weighted by Gasteiger charge is 2.74. The molecule has 0 aromatic carbocycles. The van der Waals surface area contributed by atoms with Gasteiger partial charge in [0.05, 0.1) is 29.8 Å². The van der Waals surface area contributed by atoms with E-state index in [1.54, 1.807) is 20.8 Å². The lowest BCUT2D eigenvalue weighted by Crippen LogP contribution is -2.57. The summed E-state index contributed by atoms with van der Waals surface area (Å²) in [5.41, 5.74) is -4.05. The summed E-state index contributed by atoms with van der Waals surface area (Å²) in [7, 11) is 0. The van der Waals surface area contributed by atoms with E-state index >= 15 is 0 Å². The number of hydrogen-bond donors (Lipinski definition) is 5. The van der Waals surface area contributed by atoms with E-state index < -0.39 is 64.3 Å². The molecule has 0 unspecified atom stereocenters. The lowest BCUT2D eigenvalue weighted by molar-refractivity contribution is -0.187. The number of aliphatic hydroxyl groups excluding tert-OH is 3. The zero-order valence-corrected chi connectivity index (χ0v) is 17.6. The van der Waals surface area contributed by atoms with Crippen molar-refractivity contribution < 1.29 is 35.1 Å². The molecule has 7 nitrogen and oxygen atoms in total. The van der Waals surface area contributed by atoms with Crippen molar-refractivity contribution in [1.82, 2.24) is 0 Å². The second-order valence-electron chi connectivity index (χ2n) is 10.8. The molecule has 164 valence electrons. The van der Waals surface area contributed by atoms with Crippen molar-refractivity contribution in [2.24, 2.45) is 28.6 Å². The third-order valence-corrected chi connectivity index (χ3v) is 9.01. The molecular weight excluding hydrogens is 376 g/mol. The van der Waals surface area contributed by atoms with Gasteiger partial charge in [-0.05, 0) is 38.5 Å². The van der Waals surface area contributed by atoms with Crippen LogP contribution in [0.2, 0.25) is 0 Å². The first-order valence-corrected chi connectivity index (χ1v) is 10.5. The zero-order valence-electron chi connectivity index (χ0n) is 17.6. The van der Waals surface area contributed by atoms with Crippen molar-refractivity contribution >= 4 is 5.97 Å². The number of esters is 1. The van der Waals surface area contributed by atoms with Gasteiger partial charge < -0.3 is 30.3 Å². The summed E-state index contributed by atoms with van der Waals surface area (Å²) in [6.07, 6.45) is -2.81. The van der Waals surface area contributed by atoms with Crippen LogP contribution in [0.25, 0.3) is 0 Å². The number of fused-ring (bicyclic) bond motifs is 2. The predicted octanol–water partition coefficient (Wildman–Crippen LogP) is 0.515. The number of aliphatic hydroxyl groups is 5. The van der Waals surface area contributed by atoms with Gasteiger partial charge >= 0.3 is 5.97 Å². The van der Waals surface area contributed by atoms with Crippen molar-refractivity contribution in [2.75, 3.05) is 0 Å². The molecule has 2 bridgehead atoms. The van der Waals surface area contributed by atoms with E-state index in [0.717, 1.165) is 0 Å². The minimum Gasteiger partial charge on any atom is -0.461 e. The Balaban J connectivity index is 1.88. The summed E-state index contributed by atoms with van der Waals surface area (Å²) < 4.78 is 5.68. The maximum Gasteiger partial charge on any atom is 0.302 e. The van der Waals surface area contributed by atoms with Crippen LogP contribution in [0.4, 0.5) is 0 Å². The lowest BCUT2D eigenvalue weighted by atomic mass is 9.60. The SMILES string of the molecule is C=C1[C@@H]2C[C@@H](O)[C@@H]3[C@@H](OC(C)=O)[C@@]2(C[C@@H](O)[C@@]2(O)[C@H]1C[C@H](O)C2(C)C)C[C@@]3(C)O. The summed E-state index contributed by atoms with van der Waals surface area (Å²) in [4.78, 5) is 11.9. The van der Waals surface area contributed by atoms with E-state index in [9.17, 15) is 30.3 Å². The van der Waals surface area contributed by atoms with Gasteiger partial charge in [-0.1, -0.05) is 26.0 Å². The molecule has 10 atom stereocenters. The van der Waals surface area contributed by atoms with Crippen LogP contribution in [0.3, 0.4) is 0 Å². The summed E-state index contributed by atoms with van der Waals surface area (Å²) >= 11 is 0. The van der Waals surface area contributed by atoms with E-state index in [2.05, 4.69) is 6.58 Å². The molecule has 7 heteroatoms. The van der Waals surface area contributed by atoms with Gasteiger partial charge in [0.1, 0.15) is 11.7 Å². The summed E-state index contributed by atoms with van der Waals surface area (Å²) in [5.74, 6) is -2.10. The second-order valence-corrected chi connectivity index (χ2v) is 10.8. The van der Waals surface area contributed by atoms with Crippen molar-refractivity contribution in [1.29, 1.82) is 0 Å². The minimum atomic E-state index is -1.61. The Morgan fingerprint density at radius 1 is 1.07 bits per heavy atom.